The van der Waals surface area contributed by atoms with Crippen molar-refractivity contribution in [2.24, 2.45) is 7.05 Å². The summed E-state index contributed by atoms with van der Waals surface area (Å²) in [5, 5.41) is 14.8. The van der Waals surface area contributed by atoms with Crippen LogP contribution in [0.15, 0.2) is 89.8 Å². The zero-order valence-corrected chi connectivity index (χ0v) is 21.9. The summed E-state index contributed by atoms with van der Waals surface area (Å²) < 4.78 is 10.3. The van der Waals surface area contributed by atoms with E-state index >= 15 is 0 Å². The van der Waals surface area contributed by atoms with Crippen LogP contribution in [0.3, 0.4) is 0 Å². The van der Waals surface area contributed by atoms with Crippen molar-refractivity contribution in [2.75, 3.05) is 6.26 Å². The van der Waals surface area contributed by atoms with Crippen molar-refractivity contribution in [3.8, 4) is 17.1 Å². The number of hydrogen-bond donors (Lipinski definition) is 0. The minimum Gasteiger partial charge on any atom is -0.489 e. The van der Waals surface area contributed by atoms with Crippen molar-refractivity contribution < 1.29 is 4.74 Å². The van der Waals surface area contributed by atoms with Crippen LogP contribution in [-0.2, 0) is 20.2 Å². The fourth-order valence-electron chi connectivity index (χ4n) is 5.07. The number of aromatic nitrogens is 5. The summed E-state index contributed by atoms with van der Waals surface area (Å²) in [6, 6.07) is 29.5. The maximum absolute atomic E-state index is 6.13. The van der Waals surface area contributed by atoms with Crippen LogP contribution in [0.5, 0.6) is 5.75 Å². The first-order valence-electron chi connectivity index (χ1n) is 12.2. The van der Waals surface area contributed by atoms with E-state index in [4.69, 9.17) is 4.74 Å². The molecule has 0 saturated carbocycles. The average molecular weight is 506 g/mol. The molecule has 7 heteroatoms. The lowest BCUT2D eigenvalue weighted by atomic mass is 10.0. The van der Waals surface area contributed by atoms with Crippen LogP contribution < -0.4 is 4.74 Å². The highest BCUT2D eigenvalue weighted by Gasteiger charge is 2.22. The van der Waals surface area contributed by atoms with Crippen LogP contribution in [0.2, 0.25) is 0 Å². The molecule has 0 radical (unpaired) electrons. The number of thioether (sulfide) groups is 1. The summed E-state index contributed by atoms with van der Waals surface area (Å²) >= 11 is 1.74. The molecule has 2 heterocycles. The monoisotopic (exact) mass is 505 g/mol. The fraction of sp³-hybridized carbons (Fsp3) is 0.167. The fourth-order valence-corrected chi connectivity index (χ4v) is 5.85. The molecule has 0 aliphatic rings. The van der Waals surface area contributed by atoms with Gasteiger partial charge in [-0.3, -0.25) is 0 Å². The summed E-state index contributed by atoms with van der Waals surface area (Å²) in [5.74, 6) is 1.64. The third kappa shape index (κ3) is 4.25. The van der Waals surface area contributed by atoms with Gasteiger partial charge >= 0.3 is 0 Å². The largest absolute Gasteiger partial charge is 0.489 e. The van der Waals surface area contributed by atoms with Gasteiger partial charge in [0.1, 0.15) is 12.4 Å². The van der Waals surface area contributed by atoms with Gasteiger partial charge in [0.25, 0.3) is 0 Å². The van der Waals surface area contributed by atoms with Gasteiger partial charge in [-0.1, -0.05) is 60.7 Å². The highest BCUT2D eigenvalue weighted by molar-refractivity contribution is 7.99. The molecule has 0 unspecified atom stereocenters. The van der Waals surface area contributed by atoms with Crippen molar-refractivity contribution in [3.05, 3.63) is 102 Å². The van der Waals surface area contributed by atoms with E-state index in [0.29, 0.717) is 6.61 Å². The normalized spacial score (nSPS) is 11.4. The number of benzene rings is 4. The van der Waals surface area contributed by atoms with E-state index < -0.39 is 0 Å². The van der Waals surface area contributed by atoms with E-state index in [0.717, 1.165) is 29.2 Å². The molecule has 0 aliphatic carbocycles. The van der Waals surface area contributed by atoms with Gasteiger partial charge in [-0.15, -0.1) is 16.9 Å². The first-order chi connectivity index (χ1) is 18.1. The van der Waals surface area contributed by atoms with Crippen molar-refractivity contribution in [3.63, 3.8) is 0 Å². The topological polar surface area (TPSA) is 57.8 Å². The third-order valence-corrected chi connectivity index (χ3v) is 7.56. The highest BCUT2D eigenvalue weighted by Crippen LogP contribution is 2.42. The molecule has 0 fully saturated rings. The van der Waals surface area contributed by atoms with Gasteiger partial charge in [-0.2, -0.15) is 0 Å². The molecule has 6 aromatic rings. The molecule has 6 rings (SSSR count). The Kier molecular flexibility index (Phi) is 6.14. The summed E-state index contributed by atoms with van der Waals surface area (Å²) in [5.41, 5.74) is 7.02. The minimum absolute atomic E-state index is 0.546. The van der Waals surface area contributed by atoms with Crippen LogP contribution >= 0.6 is 11.8 Å². The summed E-state index contributed by atoms with van der Waals surface area (Å²) in [6.45, 7) is 3.44. The SMILES string of the molecule is CSc1c(-c2nnnn2C)cc(C)c2c3ccccc3n(Cc3cccc(OCc4ccccc4)c3)c12. The number of aryl methyl sites for hydroxylation is 2. The number of nitrogens with zero attached hydrogens (tertiary/aromatic N) is 5. The Morgan fingerprint density at radius 1 is 0.892 bits per heavy atom. The lowest BCUT2D eigenvalue weighted by Gasteiger charge is -2.15. The Hall–Kier alpha value is -4.10. The molecule has 0 bridgehead atoms. The molecular formula is C30H27N5OS. The Balaban J connectivity index is 1.48. The zero-order valence-electron chi connectivity index (χ0n) is 21.0. The smallest absolute Gasteiger partial charge is 0.182 e. The number of fused-ring (bicyclic) bond motifs is 3. The van der Waals surface area contributed by atoms with Gasteiger partial charge < -0.3 is 9.30 Å². The van der Waals surface area contributed by atoms with Gasteiger partial charge in [0.15, 0.2) is 5.82 Å². The highest BCUT2D eigenvalue weighted by atomic mass is 32.2. The number of ether oxygens (including phenoxy) is 1. The molecule has 0 saturated heterocycles. The maximum Gasteiger partial charge on any atom is 0.182 e. The van der Waals surface area contributed by atoms with Gasteiger partial charge in [0, 0.05) is 40.3 Å². The van der Waals surface area contributed by atoms with E-state index in [1.165, 1.54) is 37.8 Å². The molecule has 0 aliphatic heterocycles. The van der Waals surface area contributed by atoms with Crippen LogP contribution in [0.1, 0.15) is 16.7 Å². The molecule has 2 aromatic heterocycles. The summed E-state index contributed by atoms with van der Waals surface area (Å²) in [7, 11) is 1.88. The number of hydrogen-bond acceptors (Lipinski definition) is 5. The molecule has 4 aromatic carbocycles. The number of rotatable bonds is 7. The summed E-state index contributed by atoms with van der Waals surface area (Å²) in [6.07, 6.45) is 2.12. The standard InChI is InChI=1S/C30H27N5OS/c1-20-16-25(30-31-32-33-34(30)2)29(37-3)28-27(20)24-14-7-8-15-26(24)35(28)18-22-12-9-13-23(17-22)36-19-21-10-5-4-6-11-21/h4-17H,18-19H2,1-3H3. The molecule has 0 spiro atoms. The molecule has 0 amide bonds. The Morgan fingerprint density at radius 3 is 2.46 bits per heavy atom. The lowest BCUT2D eigenvalue weighted by Crippen LogP contribution is -2.03. The molecule has 0 N–H and O–H groups in total. The summed E-state index contributed by atoms with van der Waals surface area (Å²) in [4.78, 5) is 1.17. The molecule has 184 valence electrons. The second-order valence-electron chi connectivity index (χ2n) is 9.15. The van der Waals surface area contributed by atoms with E-state index in [9.17, 15) is 0 Å². The van der Waals surface area contributed by atoms with Crippen LogP contribution in [0, 0.1) is 6.92 Å². The first-order valence-corrected chi connectivity index (χ1v) is 13.4. The molecule has 0 atom stereocenters. The Bertz CT molecular complexity index is 1720. The van der Waals surface area contributed by atoms with Gasteiger partial charge in [0.2, 0.25) is 0 Å². The minimum atomic E-state index is 0.546. The lowest BCUT2D eigenvalue weighted by molar-refractivity contribution is 0.306. The third-order valence-electron chi connectivity index (χ3n) is 6.74. The molecule has 37 heavy (non-hydrogen) atoms. The van der Waals surface area contributed by atoms with Crippen LogP contribution in [-0.4, -0.2) is 31.0 Å². The number of para-hydroxylation sites is 1. The van der Waals surface area contributed by atoms with E-state index in [1.54, 1.807) is 16.4 Å². The van der Waals surface area contributed by atoms with Crippen molar-refractivity contribution >= 4 is 33.6 Å². The Morgan fingerprint density at radius 2 is 1.68 bits per heavy atom. The number of tetrazole rings is 1. The predicted octanol–water partition coefficient (Wildman–Crippen LogP) is 6.64. The Labute approximate surface area is 219 Å². The first kappa shape index (κ1) is 23.3. The predicted molar refractivity (Wildman–Crippen MR) is 150 cm³/mol. The molecule has 6 nitrogen and oxygen atoms in total. The van der Waals surface area contributed by atoms with Gasteiger partial charge in [-0.25, -0.2) is 4.68 Å². The second-order valence-corrected chi connectivity index (χ2v) is 9.97. The van der Waals surface area contributed by atoms with E-state index in [1.807, 2.05) is 31.3 Å². The van der Waals surface area contributed by atoms with Crippen LogP contribution in [0.4, 0.5) is 0 Å². The second kappa shape index (κ2) is 9.75. The van der Waals surface area contributed by atoms with E-state index in [-0.39, 0.29) is 0 Å². The average Bonchev–Trinajstić information content (AvgIpc) is 3.50. The van der Waals surface area contributed by atoms with Gasteiger partial charge in [-0.05, 0) is 64.6 Å². The molecular weight excluding hydrogens is 478 g/mol. The van der Waals surface area contributed by atoms with Gasteiger partial charge in [0.05, 0.1) is 5.52 Å². The zero-order chi connectivity index (χ0) is 25.4. The van der Waals surface area contributed by atoms with E-state index in [2.05, 4.69) is 93.9 Å². The van der Waals surface area contributed by atoms with Crippen LogP contribution in [0.25, 0.3) is 33.2 Å². The van der Waals surface area contributed by atoms with Crippen molar-refractivity contribution in [2.45, 2.75) is 25.0 Å². The van der Waals surface area contributed by atoms with Crippen molar-refractivity contribution in [1.82, 2.24) is 24.8 Å². The maximum atomic E-state index is 6.13. The van der Waals surface area contributed by atoms with Crippen molar-refractivity contribution in [1.29, 1.82) is 0 Å². The quantitative estimate of drug-likeness (QED) is 0.228.